The molecular formula is C16H23N3Si. The molecule has 3 rings (SSSR count). The van der Waals surface area contributed by atoms with Gasteiger partial charge in [-0.3, -0.25) is 0 Å². The number of aromatic nitrogens is 1. The Kier molecular flexibility index (Phi) is 3.57. The first-order valence-corrected chi connectivity index (χ1v) is 11.0. The van der Waals surface area contributed by atoms with Crippen molar-refractivity contribution in [1.29, 1.82) is 0 Å². The summed E-state index contributed by atoms with van der Waals surface area (Å²) in [5.41, 5.74) is 4.43. The molecular weight excluding hydrogens is 262 g/mol. The lowest BCUT2D eigenvalue weighted by atomic mass is 10.0. The Balaban J connectivity index is 1.69. The van der Waals surface area contributed by atoms with Crippen LogP contribution in [0.15, 0.2) is 18.3 Å². The molecule has 0 bridgehead atoms. The summed E-state index contributed by atoms with van der Waals surface area (Å²) >= 11 is 0. The number of hydrogen-bond acceptors (Lipinski definition) is 3. The molecule has 2 atom stereocenters. The first-order chi connectivity index (χ1) is 9.51. The topological polar surface area (TPSA) is 28.2 Å². The van der Waals surface area contributed by atoms with E-state index in [0.29, 0.717) is 0 Å². The van der Waals surface area contributed by atoms with E-state index in [2.05, 4.69) is 58.4 Å². The van der Waals surface area contributed by atoms with Gasteiger partial charge in [0.05, 0.1) is 0 Å². The van der Waals surface area contributed by atoms with Gasteiger partial charge >= 0.3 is 0 Å². The third-order valence-electron chi connectivity index (χ3n) is 4.04. The quantitative estimate of drug-likeness (QED) is 0.631. The fourth-order valence-corrected chi connectivity index (χ4v) is 3.47. The first kappa shape index (κ1) is 13.7. The molecule has 3 nitrogen and oxygen atoms in total. The first-order valence-electron chi connectivity index (χ1n) is 7.46. The van der Waals surface area contributed by atoms with Crippen molar-refractivity contribution in [2.45, 2.75) is 19.6 Å². The van der Waals surface area contributed by atoms with Crippen LogP contribution in [-0.2, 0) is 0 Å². The summed E-state index contributed by atoms with van der Waals surface area (Å²) in [4.78, 5) is 7.03. The van der Waals surface area contributed by atoms with E-state index >= 15 is 0 Å². The van der Waals surface area contributed by atoms with Gasteiger partial charge in [-0.2, -0.15) is 0 Å². The Morgan fingerprint density at radius 1 is 1.20 bits per heavy atom. The minimum atomic E-state index is -1.30. The lowest BCUT2D eigenvalue weighted by Gasteiger charge is -2.18. The summed E-state index contributed by atoms with van der Waals surface area (Å²) in [7, 11) is -1.30. The highest BCUT2D eigenvalue weighted by Gasteiger charge is 2.36. The second-order valence-electron chi connectivity index (χ2n) is 6.99. The maximum atomic E-state index is 4.61. The number of nitrogens with zero attached hydrogens (tertiary/aromatic N) is 2. The highest BCUT2D eigenvalue weighted by atomic mass is 28.3. The van der Waals surface area contributed by atoms with Gasteiger partial charge in [0.1, 0.15) is 13.9 Å². The van der Waals surface area contributed by atoms with E-state index in [1.54, 1.807) is 0 Å². The molecule has 3 heterocycles. The number of nitrogens with one attached hydrogen (secondary N) is 1. The van der Waals surface area contributed by atoms with Crippen molar-refractivity contribution in [3.63, 3.8) is 0 Å². The van der Waals surface area contributed by atoms with Crippen molar-refractivity contribution in [3.8, 4) is 11.5 Å². The van der Waals surface area contributed by atoms with Gasteiger partial charge < -0.3 is 10.2 Å². The van der Waals surface area contributed by atoms with Crippen molar-refractivity contribution in [1.82, 2.24) is 10.3 Å². The van der Waals surface area contributed by atoms with Crippen LogP contribution in [0, 0.1) is 23.3 Å². The molecule has 2 fully saturated rings. The van der Waals surface area contributed by atoms with Gasteiger partial charge in [-0.1, -0.05) is 25.6 Å². The highest BCUT2D eigenvalue weighted by molar-refractivity contribution is 6.83. The van der Waals surface area contributed by atoms with Crippen LogP contribution in [0.1, 0.15) is 5.56 Å². The Morgan fingerprint density at radius 2 is 1.90 bits per heavy atom. The number of rotatable bonds is 1. The zero-order valence-electron chi connectivity index (χ0n) is 12.6. The van der Waals surface area contributed by atoms with Gasteiger partial charge in [-0.15, -0.1) is 5.54 Å². The van der Waals surface area contributed by atoms with E-state index in [1.807, 2.05) is 6.20 Å². The summed E-state index contributed by atoms with van der Waals surface area (Å²) in [5, 5.41) is 3.47. The predicted molar refractivity (Wildman–Crippen MR) is 86.5 cm³/mol. The van der Waals surface area contributed by atoms with Gasteiger partial charge in [-0.25, -0.2) is 4.98 Å². The van der Waals surface area contributed by atoms with E-state index in [0.717, 1.165) is 36.3 Å². The van der Waals surface area contributed by atoms with Crippen molar-refractivity contribution < 1.29 is 0 Å². The third kappa shape index (κ3) is 3.05. The molecule has 4 heteroatoms. The maximum absolute atomic E-state index is 4.61. The molecule has 1 N–H and O–H groups in total. The summed E-state index contributed by atoms with van der Waals surface area (Å²) < 4.78 is 0. The molecule has 0 spiro atoms. The Labute approximate surface area is 122 Å². The molecule has 1 aromatic heterocycles. The van der Waals surface area contributed by atoms with Crippen molar-refractivity contribution in [2.24, 2.45) is 11.8 Å². The number of anilines is 1. The molecule has 2 aliphatic rings. The fraction of sp³-hybridized carbons (Fsp3) is 0.562. The number of pyridine rings is 1. The second kappa shape index (κ2) is 5.23. The van der Waals surface area contributed by atoms with Gasteiger partial charge in [0, 0.05) is 37.9 Å². The number of fused-ring (bicyclic) bond motifs is 1. The molecule has 106 valence electrons. The smallest absolute Gasteiger partial charge is 0.129 e. The number of hydrogen-bond donors (Lipinski definition) is 1. The average Bonchev–Trinajstić information content (AvgIpc) is 2.97. The average molecular weight is 285 g/mol. The molecule has 1 aromatic rings. The zero-order chi connectivity index (χ0) is 14.2. The van der Waals surface area contributed by atoms with Gasteiger partial charge in [0.15, 0.2) is 0 Å². The fourth-order valence-electron chi connectivity index (χ4n) is 2.95. The van der Waals surface area contributed by atoms with Gasteiger partial charge in [0.25, 0.3) is 0 Å². The monoisotopic (exact) mass is 285 g/mol. The van der Waals surface area contributed by atoms with Crippen molar-refractivity contribution >= 4 is 13.9 Å². The van der Waals surface area contributed by atoms with E-state index in [9.17, 15) is 0 Å². The van der Waals surface area contributed by atoms with Crippen LogP contribution in [0.25, 0.3) is 0 Å². The minimum Gasteiger partial charge on any atom is -0.356 e. The van der Waals surface area contributed by atoms with Crippen LogP contribution in [-0.4, -0.2) is 39.2 Å². The third-order valence-corrected chi connectivity index (χ3v) is 4.92. The molecule has 0 radical (unpaired) electrons. The van der Waals surface area contributed by atoms with Crippen molar-refractivity contribution in [2.75, 3.05) is 31.1 Å². The van der Waals surface area contributed by atoms with E-state index in [-0.39, 0.29) is 0 Å². The van der Waals surface area contributed by atoms with Gasteiger partial charge in [-0.05, 0) is 24.0 Å². The van der Waals surface area contributed by atoms with Crippen LogP contribution in [0.4, 0.5) is 5.82 Å². The molecule has 0 saturated carbocycles. The Hall–Kier alpha value is -1.31. The molecule has 0 aromatic carbocycles. The zero-order valence-corrected chi connectivity index (χ0v) is 13.6. The largest absolute Gasteiger partial charge is 0.356 e. The summed E-state index contributed by atoms with van der Waals surface area (Å²) in [6, 6.07) is 4.24. The maximum Gasteiger partial charge on any atom is 0.129 e. The normalized spacial score (nSPS) is 25.2. The molecule has 20 heavy (non-hydrogen) atoms. The Morgan fingerprint density at radius 3 is 2.45 bits per heavy atom. The SMILES string of the molecule is C[Si](C)(C)C#Cc1ccc(N2CC3CNC[C@H]3C2)nc1. The van der Waals surface area contributed by atoms with Crippen molar-refractivity contribution in [3.05, 3.63) is 23.9 Å². The molecule has 0 amide bonds. The summed E-state index contributed by atoms with van der Waals surface area (Å²) in [5.74, 6) is 5.99. The summed E-state index contributed by atoms with van der Waals surface area (Å²) in [6.45, 7) is 11.4. The van der Waals surface area contributed by atoms with Crippen LogP contribution in [0.2, 0.25) is 19.6 Å². The van der Waals surface area contributed by atoms with Crippen LogP contribution < -0.4 is 10.2 Å². The van der Waals surface area contributed by atoms with E-state index < -0.39 is 8.07 Å². The minimum absolute atomic E-state index is 0.808. The molecule has 2 aliphatic heterocycles. The van der Waals surface area contributed by atoms with E-state index in [1.165, 1.54) is 13.1 Å². The van der Waals surface area contributed by atoms with E-state index in [4.69, 9.17) is 0 Å². The van der Waals surface area contributed by atoms with Gasteiger partial charge in [0.2, 0.25) is 0 Å². The summed E-state index contributed by atoms with van der Waals surface area (Å²) in [6.07, 6.45) is 1.93. The Bertz CT molecular complexity index is 524. The lowest BCUT2D eigenvalue weighted by molar-refractivity contribution is 0.533. The predicted octanol–water partition coefficient (Wildman–Crippen LogP) is 1.97. The molecule has 1 unspecified atom stereocenters. The lowest BCUT2D eigenvalue weighted by Crippen LogP contribution is -2.26. The second-order valence-corrected chi connectivity index (χ2v) is 11.7. The highest BCUT2D eigenvalue weighted by Crippen LogP contribution is 2.29. The van der Waals surface area contributed by atoms with Crippen LogP contribution in [0.3, 0.4) is 0 Å². The van der Waals surface area contributed by atoms with Crippen LogP contribution in [0.5, 0.6) is 0 Å². The van der Waals surface area contributed by atoms with Crippen LogP contribution >= 0.6 is 0 Å². The molecule has 2 saturated heterocycles. The standard InChI is InChI=1S/C16H23N3Si/c1-20(2,3)7-6-13-4-5-16(18-8-13)19-11-14-9-17-10-15(14)12-19/h4-5,8,14-15,17H,9-12H2,1-3H3/t14-,15?/m0/s1. The molecule has 0 aliphatic carbocycles.